The molecule has 25 heavy (non-hydrogen) atoms. The van der Waals surface area contributed by atoms with E-state index in [0.717, 1.165) is 19.5 Å². The van der Waals surface area contributed by atoms with Crippen molar-refractivity contribution in [3.8, 4) is 0 Å². The van der Waals surface area contributed by atoms with Crippen molar-refractivity contribution in [2.24, 2.45) is 11.1 Å². The van der Waals surface area contributed by atoms with E-state index in [9.17, 15) is 18.0 Å². The van der Waals surface area contributed by atoms with Crippen LogP contribution in [0.2, 0.25) is 0 Å². The SMILES string of the molecule is Cl.NS(=O)(=O)c1cccc(N2CC(C(=O)NC3CCNC3)CC2=O)c1. The first-order valence-electron chi connectivity index (χ1n) is 7.79. The number of sulfonamides is 1. The monoisotopic (exact) mass is 388 g/mol. The molecule has 8 nitrogen and oxygen atoms in total. The van der Waals surface area contributed by atoms with Crippen molar-refractivity contribution >= 4 is 39.9 Å². The molecular formula is C15H21ClN4O4S. The Labute approximate surface area is 152 Å². The van der Waals surface area contributed by atoms with Crippen LogP contribution in [0.25, 0.3) is 0 Å². The van der Waals surface area contributed by atoms with E-state index >= 15 is 0 Å². The third kappa shape index (κ3) is 4.49. The number of nitrogens with two attached hydrogens (primary N) is 1. The minimum absolute atomic E-state index is 0. The van der Waals surface area contributed by atoms with E-state index in [4.69, 9.17) is 5.14 Å². The Hall–Kier alpha value is -1.68. The van der Waals surface area contributed by atoms with E-state index in [1.165, 1.54) is 23.1 Å². The second-order valence-corrected chi connectivity index (χ2v) is 7.71. The molecule has 2 aliphatic rings. The number of primary sulfonamides is 1. The fourth-order valence-corrected chi connectivity index (χ4v) is 3.61. The number of nitrogens with one attached hydrogen (secondary N) is 2. The number of carbonyl (C=O) groups excluding carboxylic acids is 2. The Balaban J connectivity index is 0.00000225. The van der Waals surface area contributed by atoms with Gasteiger partial charge < -0.3 is 15.5 Å². The molecule has 0 spiro atoms. The Morgan fingerprint density at radius 1 is 1.36 bits per heavy atom. The minimum Gasteiger partial charge on any atom is -0.352 e. The molecule has 2 saturated heterocycles. The van der Waals surface area contributed by atoms with E-state index in [0.29, 0.717) is 5.69 Å². The van der Waals surface area contributed by atoms with Gasteiger partial charge in [0, 0.05) is 31.2 Å². The number of hydrogen-bond donors (Lipinski definition) is 3. The Morgan fingerprint density at radius 3 is 2.76 bits per heavy atom. The van der Waals surface area contributed by atoms with E-state index < -0.39 is 15.9 Å². The van der Waals surface area contributed by atoms with Gasteiger partial charge in [-0.2, -0.15) is 0 Å². The summed E-state index contributed by atoms with van der Waals surface area (Å²) < 4.78 is 22.9. The number of halogens is 1. The van der Waals surface area contributed by atoms with Crippen LogP contribution in [0.4, 0.5) is 5.69 Å². The van der Waals surface area contributed by atoms with Crippen molar-refractivity contribution < 1.29 is 18.0 Å². The summed E-state index contributed by atoms with van der Waals surface area (Å²) in [5.74, 6) is -0.773. The Morgan fingerprint density at radius 2 is 2.12 bits per heavy atom. The van der Waals surface area contributed by atoms with Gasteiger partial charge in [-0.05, 0) is 31.2 Å². The number of benzene rings is 1. The molecule has 1 aromatic rings. The molecule has 10 heteroatoms. The molecule has 4 N–H and O–H groups in total. The van der Waals surface area contributed by atoms with E-state index in [2.05, 4.69) is 10.6 Å². The third-order valence-corrected chi connectivity index (χ3v) is 5.27. The zero-order chi connectivity index (χ0) is 17.3. The molecule has 2 amide bonds. The normalized spacial score (nSPS) is 23.4. The van der Waals surface area contributed by atoms with Gasteiger partial charge in [0.15, 0.2) is 0 Å². The summed E-state index contributed by atoms with van der Waals surface area (Å²) in [6, 6.07) is 5.99. The number of anilines is 1. The van der Waals surface area contributed by atoms with Crippen LogP contribution in [0.15, 0.2) is 29.2 Å². The van der Waals surface area contributed by atoms with Crippen LogP contribution in [0.3, 0.4) is 0 Å². The van der Waals surface area contributed by atoms with Crippen LogP contribution in [0.5, 0.6) is 0 Å². The molecule has 2 heterocycles. The zero-order valence-electron chi connectivity index (χ0n) is 13.5. The number of nitrogens with zero attached hydrogens (tertiary/aromatic N) is 1. The van der Waals surface area contributed by atoms with Gasteiger partial charge in [0.25, 0.3) is 0 Å². The first-order valence-corrected chi connectivity index (χ1v) is 9.33. The van der Waals surface area contributed by atoms with Crippen molar-refractivity contribution in [1.29, 1.82) is 0 Å². The lowest BCUT2D eigenvalue weighted by atomic mass is 10.1. The van der Waals surface area contributed by atoms with Crippen LogP contribution >= 0.6 is 12.4 Å². The lowest BCUT2D eigenvalue weighted by molar-refractivity contribution is -0.126. The second-order valence-electron chi connectivity index (χ2n) is 6.15. The summed E-state index contributed by atoms with van der Waals surface area (Å²) in [6.45, 7) is 1.85. The molecule has 138 valence electrons. The number of hydrogen-bond acceptors (Lipinski definition) is 5. The van der Waals surface area contributed by atoms with Gasteiger partial charge in [-0.1, -0.05) is 6.07 Å². The number of amides is 2. The molecule has 2 atom stereocenters. The van der Waals surface area contributed by atoms with Crippen molar-refractivity contribution in [2.45, 2.75) is 23.8 Å². The average molecular weight is 389 g/mol. The molecule has 2 fully saturated rings. The average Bonchev–Trinajstić information content (AvgIpc) is 3.16. The van der Waals surface area contributed by atoms with Gasteiger partial charge in [0.05, 0.1) is 10.8 Å². The molecule has 1 aromatic carbocycles. The highest BCUT2D eigenvalue weighted by Gasteiger charge is 2.36. The predicted molar refractivity (Wildman–Crippen MR) is 94.9 cm³/mol. The summed E-state index contributed by atoms with van der Waals surface area (Å²) in [6.07, 6.45) is 0.998. The second kappa shape index (κ2) is 7.69. The predicted octanol–water partition coefficient (Wildman–Crippen LogP) is -0.413. The third-order valence-electron chi connectivity index (χ3n) is 4.36. The maximum absolute atomic E-state index is 12.3. The number of rotatable bonds is 4. The van der Waals surface area contributed by atoms with Crippen LogP contribution in [0.1, 0.15) is 12.8 Å². The largest absolute Gasteiger partial charge is 0.352 e. The Bertz CT molecular complexity index is 765. The minimum atomic E-state index is -3.84. The van der Waals surface area contributed by atoms with Gasteiger partial charge in [0.1, 0.15) is 0 Å². The van der Waals surface area contributed by atoms with Gasteiger partial charge in [-0.3, -0.25) is 9.59 Å². The molecule has 0 radical (unpaired) electrons. The standard InChI is InChI=1S/C15H20N4O4S.ClH/c16-24(22,23)13-3-1-2-12(7-13)19-9-10(6-14(19)20)15(21)18-11-4-5-17-8-11;/h1-3,7,10-11,17H,4-6,8-9H2,(H,18,21)(H2,16,22,23);1H. The lowest BCUT2D eigenvalue weighted by Gasteiger charge is -2.18. The highest BCUT2D eigenvalue weighted by Crippen LogP contribution is 2.27. The van der Waals surface area contributed by atoms with Gasteiger partial charge in [-0.15, -0.1) is 12.4 Å². The molecule has 2 aliphatic heterocycles. The summed E-state index contributed by atoms with van der Waals surface area (Å²) in [4.78, 5) is 25.9. The topological polar surface area (TPSA) is 122 Å². The Kier molecular flexibility index (Phi) is 6.04. The quantitative estimate of drug-likeness (QED) is 0.647. The fourth-order valence-electron chi connectivity index (χ4n) is 3.06. The summed E-state index contributed by atoms with van der Waals surface area (Å²) in [5, 5.41) is 11.2. The van der Waals surface area contributed by atoms with Gasteiger partial charge in [0.2, 0.25) is 21.8 Å². The first kappa shape index (κ1) is 19.6. The van der Waals surface area contributed by atoms with E-state index in [-0.39, 0.29) is 48.1 Å². The smallest absolute Gasteiger partial charge is 0.238 e. The van der Waals surface area contributed by atoms with E-state index in [1.54, 1.807) is 6.07 Å². The summed E-state index contributed by atoms with van der Waals surface area (Å²) in [5.41, 5.74) is 0.435. The maximum atomic E-state index is 12.3. The van der Waals surface area contributed by atoms with Crippen LogP contribution in [-0.2, 0) is 19.6 Å². The van der Waals surface area contributed by atoms with Crippen molar-refractivity contribution in [1.82, 2.24) is 10.6 Å². The number of carbonyl (C=O) groups is 2. The van der Waals surface area contributed by atoms with Gasteiger partial charge in [-0.25, -0.2) is 13.6 Å². The maximum Gasteiger partial charge on any atom is 0.238 e. The molecule has 0 saturated carbocycles. The lowest BCUT2D eigenvalue weighted by Crippen LogP contribution is -2.40. The first-order chi connectivity index (χ1) is 11.3. The highest BCUT2D eigenvalue weighted by molar-refractivity contribution is 7.89. The summed E-state index contributed by atoms with van der Waals surface area (Å²) >= 11 is 0. The summed E-state index contributed by atoms with van der Waals surface area (Å²) in [7, 11) is -3.84. The molecule has 0 bridgehead atoms. The van der Waals surface area contributed by atoms with Crippen molar-refractivity contribution in [3.05, 3.63) is 24.3 Å². The van der Waals surface area contributed by atoms with Crippen LogP contribution in [-0.4, -0.2) is 45.9 Å². The molecular weight excluding hydrogens is 368 g/mol. The van der Waals surface area contributed by atoms with Crippen molar-refractivity contribution in [2.75, 3.05) is 24.5 Å². The highest BCUT2D eigenvalue weighted by atomic mass is 35.5. The molecule has 0 aliphatic carbocycles. The zero-order valence-corrected chi connectivity index (χ0v) is 15.1. The van der Waals surface area contributed by atoms with E-state index in [1.807, 2.05) is 0 Å². The molecule has 2 unspecified atom stereocenters. The fraction of sp³-hybridized carbons (Fsp3) is 0.467. The van der Waals surface area contributed by atoms with Gasteiger partial charge >= 0.3 is 0 Å². The van der Waals surface area contributed by atoms with Crippen LogP contribution in [0, 0.1) is 5.92 Å². The molecule has 3 rings (SSSR count). The molecule has 0 aromatic heterocycles. The van der Waals surface area contributed by atoms with Crippen LogP contribution < -0.4 is 20.7 Å². The van der Waals surface area contributed by atoms with Crippen molar-refractivity contribution in [3.63, 3.8) is 0 Å².